The van der Waals surface area contributed by atoms with Crippen LogP contribution in [0.25, 0.3) is 0 Å². The highest BCUT2D eigenvalue weighted by atomic mass is 31.1. The van der Waals surface area contributed by atoms with Gasteiger partial charge in [0.15, 0.2) is 0 Å². The molecule has 0 radical (unpaired) electrons. The molecule has 0 aliphatic rings. The van der Waals surface area contributed by atoms with Crippen LogP contribution in [0.5, 0.6) is 5.75 Å². The molecule has 1 aromatic carbocycles. The van der Waals surface area contributed by atoms with Gasteiger partial charge in [-0.1, -0.05) is 65.2 Å². The molecular formula is C18H29O5P. The molecule has 1 aromatic rings. The van der Waals surface area contributed by atoms with Crippen LogP contribution in [-0.4, -0.2) is 12.1 Å². The highest BCUT2D eigenvalue weighted by Crippen LogP contribution is 2.32. The van der Waals surface area contributed by atoms with Gasteiger partial charge in [-0.15, -0.1) is 4.52 Å². The molecule has 24 heavy (non-hydrogen) atoms. The zero-order chi connectivity index (χ0) is 18.9. The lowest BCUT2D eigenvalue weighted by Crippen LogP contribution is -2.26. The molecule has 0 fully saturated rings. The summed E-state index contributed by atoms with van der Waals surface area (Å²) in [5, 5.41) is 0. The molecule has 0 bridgehead atoms. The fourth-order valence-electron chi connectivity index (χ4n) is 1.68. The van der Waals surface area contributed by atoms with E-state index in [1.165, 1.54) is 19.8 Å². The molecule has 6 heteroatoms. The minimum Gasteiger partial charge on any atom is -0.566 e. The zero-order valence-corrected chi connectivity index (χ0v) is 16.6. The van der Waals surface area contributed by atoms with Crippen LogP contribution >= 0.6 is 8.25 Å². The van der Waals surface area contributed by atoms with Gasteiger partial charge in [0.2, 0.25) is 6.10 Å². The topological polar surface area (TPSA) is 75.7 Å². The molecule has 0 aromatic heterocycles. The number of esters is 1. The van der Waals surface area contributed by atoms with E-state index >= 15 is 0 Å². The van der Waals surface area contributed by atoms with Crippen molar-refractivity contribution >= 4 is 14.2 Å². The van der Waals surface area contributed by atoms with Gasteiger partial charge in [-0.3, -0.25) is 0 Å². The highest BCUT2D eigenvalue weighted by Gasteiger charge is 2.26. The van der Waals surface area contributed by atoms with Gasteiger partial charge in [0.1, 0.15) is 5.75 Å². The quantitative estimate of drug-likeness (QED) is 0.443. The summed E-state index contributed by atoms with van der Waals surface area (Å²) in [6.45, 7) is 13.7. The van der Waals surface area contributed by atoms with Crippen molar-refractivity contribution < 1.29 is 23.5 Å². The lowest BCUT2D eigenvalue weighted by atomic mass is 9.85. The summed E-state index contributed by atoms with van der Waals surface area (Å²) >= 11 is 0. The van der Waals surface area contributed by atoms with Crippen LogP contribution in [0.1, 0.15) is 65.5 Å². The summed E-state index contributed by atoms with van der Waals surface area (Å²) in [6.07, 6.45) is 1.48. The summed E-state index contributed by atoms with van der Waals surface area (Å²) in [6, 6.07) is 5.48. The maximum atomic E-state index is 11.8. The maximum absolute atomic E-state index is 11.8. The number of carbonyl (C=O) groups excluding carboxylic acids is 1. The highest BCUT2D eigenvalue weighted by molar-refractivity contribution is 7.30. The molecule has 2 atom stereocenters. The lowest BCUT2D eigenvalue weighted by molar-refractivity contribution is -0.191. The van der Waals surface area contributed by atoms with Gasteiger partial charge < -0.3 is 9.63 Å². The summed E-state index contributed by atoms with van der Waals surface area (Å²) in [5.74, 6) is -0.316. The Bertz CT molecular complexity index is 547. The predicted octanol–water partition coefficient (Wildman–Crippen LogP) is 4.43. The second-order valence-corrected chi connectivity index (χ2v) is 7.30. The van der Waals surface area contributed by atoms with Gasteiger partial charge in [0.25, 0.3) is 0 Å². The molecular weight excluding hydrogens is 327 g/mol. The Hall–Kier alpha value is -1.29. The van der Waals surface area contributed by atoms with Gasteiger partial charge in [-0.05, 0) is 29.9 Å². The molecule has 1 rings (SSSR count). The Balaban J connectivity index is 0.00000118. The zero-order valence-electron chi connectivity index (χ0n) is 15.7. The summed E-state index contributed by atoms with van der Waals surface area (Å²) in [4.78, 5) is 22.2. The van der Waals surface area contributed by atoms with Gasteiger partial charge >= 0.3 is 14.2 Å². The van der Waals surface area contributed by atoms with Gasteiger partial charge in [0.05, 0.1) is 0 Å². The van der Waals surface area contributed by atoms with Crippen molar-refractivity contribution in [3.05, 3.63) is 29.3 Å². The van der Waals surface area contributed by atoms with E-state index in [1.807, 2.05) is 39.8 Å². The SMILES string of the molecule is CCCC.Cc1ccc(OC(=O)C(C)O[P+](=O)[O-])c(C(C)(C)C)c1. The summed E-state index contributed by atoms with van der Waals surface area (Å²) in [5.41, 5.74) is 1.74. The Morgan fingerprint density at radius 1 is 1.25 bits per heavy atom. The molecule has 136 valence electrons. The van der Waals surface area contributed by atoms with E-state index in [4.69, 9.17) is 4.74 Å². The molecule has 0 aliphatic carbocycles. The second kappa shape index (κ2) is 10.5. The molecule has 0 saturated heterocycles. The van der Waals surface area contributed by atoms with Crippen LogP contribution in [0, 0.1) is 6.92 Å². The van der Waals surface area contributed by atoms with E-state index in [0.717, 1.165) is 11.1 Å². The third kappa shape index (κ3) is 8.53. The first-order chi connectivity index (χ1) is 11.0. The molecule has 0 heterocycles. The largest absolute Gasteiger partial charge is 0.566 e. The van der Waals surface area contributed by atoms with Crippen molar-refractivity contribution in [3.63, 3.8) is 0 Å². The van der Waals surface area contributed by atoms with Crippen molar-refractivity contribution in [3.8, 4) is 5.75 Å². The number of rotatable bonds is 5. The van der Waals surface area contributed by atoms with E-state index in [9.17, 15) is 14.3 Å². The van der Waals surface area contributed by atoms with Crippen LogP contribution < -0.4 is 9.63 Å². The van der Waals surface area contributed by atoms with Crippen LogP contribution in [0.2, 0.25) is 0 Å². The van der Waals surface area contributed by atoms with Crippen LogP contribution in [-0.2, 0) is 19.3 Å². The number of ether oxygens (including phenoxy) is 1. The molecule has 2 unspecified atom stereocenters. The number of hydrogen-bond acceptors (Lipinski definition) is 5. The third-order valence-corrected chi connectivity index (χ3v) is 3.72. The fraction of sp³-hybridized carbons (Fsp3) is 0.611. The lowest BCUT2D eigenvalue weighted by Gasteiger charge is -2.23. The smallest absolute Gasteiger partial charge is 0.489 e. The first-order valence-electron chi connectivity index (χ1n) is 8.16. The predicted molar refractivity (Wildman–Crippen MR) is 94.2 cm³/mol. The Morgan fingerprint density at radius 2 is 1.79 bits per heavy atom. The number of benzene rings is 1. The van der Waals surface area contributed by atoms with E-state index in [-0.39, 0.29) is 5.41 Å². The second-order valence-electron chi connectivity index (χ2n) is 6.64. The molecule has 0 N–H and O–H groups in total. The average Bonchev–Trinajstić information content (AvgIpc) is 2.47. The van der Waals surface area contributed by atoms with Crippen molar-refractivity contribution in [2.75, 3.05) is 0 Å². The van der Waals surface area contributed by atoms with E-state index < -0.39 is 20.3 Å². The first-order valence-corrected chi connectivity index (χ1v) is 9.26. The maximum Gasteiger partial charge on any atom is 0.489 e. The van der Waals surface area contributed by atoms with Gasteiger partial charge in [-0.2, -0.15) is 0 Å². The van der Waals surface area contributed by atoms with E-state index in [1.54, 1.807) is 6.07 Å². The van der Waals surface area contributed by atoms with Crippen molar-refractivity contribution in [2.24, 2.45) is 0 Å². The number of unbranched alkanes of at least 4 members (excludes halogenated alkanes) is 1. The molecule has 5 nitrogen and oxygen atoms in total. The molecule has 0 saturated carbocycles. The standard InChI is InChI=1S/C14H19O5P.C4H10/c1-9-6-7-12(11(8-9)14(3,4)5)18-13(15)10(2)19-20(16)17;1-3-4-2/h6-8,10H,1-5H3;3-4H2,1-2H3. The molecule has 0 aliphatic heterocycles. The fourth-order valence-corrected chi connectivity index (χ4v) is 2.03. The average molecular weight is 356 g/mol. The third-order valence-electron chi connectivity index (χ3n) is 3.23. The minimum atomic E-state index is -3.08. The Labute approximate surface area is 146 Å². The van der Waals surface area contributed by atoms with E-state index in [0.29, 0.717) is 5.75 Å². The normalized spacial score (nSPS) is 12.8. The summed E-state index contributed by atoms with van der Waals surface area (Å²) < 4.78 is 20.1. The Morgan fingerprint density at radius 3 is 2.21 bits per heavy atom. The van der Waals surface area contributed by atoms with E-state index in [2.05, 4.69) is 18.4 Å². The van der Waals surface area contributed by atoms with Gasteiger partial charge in [-0.25, -0.2) is 4.79 Å². The van der Waals surface area contributed by atoms with Crippen molar-refractivity contribution in [2.45, 2.75) is 72.8 Å². The van der Waals surface area contributed by atoms with Crippen LogP contribution in [0.15, 0.2) is 18.2 Å². The number of aryl methyl sites for hydroxylation is 1. The van der Waals surface area contributed by atoms with Crippen molar-refractivity contribution in [1.82, 2.24) is 0 Å². The number of carbonyl (C=O) groups is 1. The molecule has 0 amide bonds. The minimum absolute atomic E-state index is 0.199. The van der Waals surface area contributed by atoms with Crippen LogP contribution in [0.3, 0.4) is 0 Å². The van der Waals surface area contributed by atoms with Gasteiger partial charge in [0, 0.05) is 5.56 Å². The first kappa shape index (κ1) is 22.7. The van der Waals surface area contributed by atoms with Crippen LogP contribution in [0.4, 0.5) is 0 Å². The number of hydrogen-bond donors (Lipinski definition) is 0. The Kier molecular flexibility index (Phi) is 9.98. The summed E-state index contributed by atoms with van der Waals surface area (Å²) in [7, 11) is -3.08. The molecule has 0 spiro atoms. The van der Waals surface area contributed by atoms with Crippen molar-refractivity contribution in [1.29, 1.82) is 0 Å². The monoisotopic (exact) mass is 356 g/mol.